The third-order valence-electron chi connectivity index (χ3n) is 5.51. The first-order valence-electron chi connectivity index (χ1n) is 10.4. The van der Waals surface area contributed by atoms with Crippen LogP contribution in [0, 0.1) is 20.8 Å². The summed E-state index contributed by atoms with van der Waals surface area (Å²) >= 11 is 0. The molecule has 0 aliphatic carbocycles. The Morgan fingerprint density at radius 1 is 0.839 bits per heavy atom. The van der Waals surface area contributed by atoms with Crippen LogP contribution >= 0.6 is 0 Å². The Labute approximate surface area is 184 Å². The van der Waals surface area contributed by atoms with Crippen LogP contribution in [0.15, 0.2) is 48.2 Å². The fourth-order valence-electron chi connectivity index (χ4n) is 3.92. The van der Waals surface area contributed by atoms with Crippen molar-refractivity contribution in [1.82, 2.24) is 4.90 Å². The highest BCUT2D eigenvalue weighted by Gasteiger charge is 2.43. The van der Waals surface area contributed by atoms with Gasteiger partial charge in [-0.25, -0.2) is 4.90 Å². The molecule has 2 amide bonds. The predicted molar refractivity (Wildman–Crippen MR) is 122 cm³/mol. The molecule has 3 rings (SSSR count). The molecule has 0 bridgehead atoms. The summed E-state index contributed by atoms with van der Waals surface area (Å²) in [5.74, 6) is -0.623. The van der Waals surface area contributed by atoms with E-state index in [1.54, 1.807) is 14.2 Å². The molecule has 0 saturated heterocycles. The Kier molecular flexibility index (Phi) is 7.25. The van der Waals surface area contributed by atoms with Crippen LogP contribution in [0.25, 0.3) is 5.57 Å². The Morgan fingerprint density at radius 2 is 1.48 bits per heavy atom. The molecule has 0 spiro atoms. The molecule has 164 valence electrons. The number of para-hydroxylation sites is 1. The molecule has 6 heteroatoms. The summed E-state index contributed by atoms with van der Waals surface area (Å²) in [5.41, 5.74) is 5.13. The number of anilines is 1. The molecule has 0 atom stereocenters. The van der Waals surface area contributed by atoms with Crippen LogP contribution in [-0.4, -0.2) is 57.2 Å². The SMILES string of the molecule is COCCN(CCOC)C1=C(c2ccc(C)cc2C)C(=O)N(c2ccccc2C)C1=O. The van der Waals surface area contributed by atoms with Gasteiger partial charge in [0.1, 0.15) is 5.70 Å². The number of methoxy groups -OCH3 is 2. The lowest BCUT2D eigenvalue weighted by molar-refractivity contribution is -0.120. The lowest BCUT2D eigenvalue weighted by Crippen LogP contribution is -2.38. The number of nitrogens with zero attached hydrogens (tertiary/aromatic N) is 2. The van der Waals surface area contributed by atoms with Gasteiger partial charge in [0.25, 0.3) is 11.8 Å². The lowest BCUT2D eigenvalue weighted by atomic mass is 9.97. The summed E-state index contributed by atoms with van der Waals surface area (Å²) in [4.78, 5) is 30.6. The van der Waals surface area contributed by atoms with Gasteiger partial charge in [-0.15, -0.1) is 0 Å². The zero-order valence-corrected chi connectivity index (χ0v) is 18.9. The first kappa shape index (κ1) is 22.7. The molecular formula is C25H30N2O4. The fraction of sp³-hybridized carbons (Fsp3) is 0.360. The Bertz CT molecular complexity index is 1000. The second-order valence-corrected chi connectivity index (χ2v) is 7.75. The molecule has 1 aliphatic heterocycles. The van der Waals surface area contributed by atoms with Gasteiger partial charge in [-0.05, 0) is 43.5 Å². The fourth-order valence-corrected chi connectivity index (χ4v) is 3.92. The monoisotopic (exact) mass is 422 g/mol. The average Bonchev–Trinajstić information content (AvgIpc) is 2.99. The molecule has 2 aromatic rings. The molecule has 6 nitrogen and oxygen atoms in total. The van der Waals surface area contributed by atoms with Gasteiger partial charge in [0.2, 0.25) is 0 Å². The molecular weight excluding hydrogens is 392 g/mol. The van der Waals surface area contributed by atoms with E-state index >= 15 is 0 Å². The molecule has 0 N–H and O–H groups in total. The van der Waals surface area contributed by atoms with Crippen molar-refractivity contribution in [3.8, 4) is 0 Å². The van der Waals surface area contributed by atoms with Crippen LogP contribution in [0.5, 0.6) is 0 Å². The Hall–Kier alpha value is -2.96. The van der Waals surface area contributed by atoms with E-state index in [4.69, 9.17) is 9.47 Å². The second kappa shape index (κ2) is 9.90. The van der Waals surface area contributed by atoms with Gasteiger partial charge in [-0.2, -0.15) is 0 Å². The number of benzene rings is 2. The normalized spacial score (nSPS) is 14.0. The number of ether oxygens (including phenoxy) is 2. The highest BCUT2D eigenvalue weighted by atomic mass is 16.5. The van der Waals surface area contributed by atoms with Crippen LogP contribution in [0.4, 0.5) is 5.69 Å². The number of rotatable bonds is 9. The number of hydrogen-bond acceptors (Lipinski definition) is 5. The van der Waals surface area contributed by atoms with Gasteiger partial charge in [0.15, 0.2) is 0 Å². The lowest BCUT2D eigenvalue weighted by Gasteiger charge is -2.26. The first-order valence-corrected chi connectivity index (χ1v) is 10.4. The van der Waals surface area contributed by atoms with Crippen LogP contribution in [0.2, 0.25) is 0 Å². The van der Waals surface area contributed by atoms with Crippen molar-refractivity contribution < 1.29 is 19.1 Å². The maximum absolute atomic E-state index is 13.7. The predicted octanol–water partition coefficient (Wildman–Crippen LogP) is 3.49. The molecule has 1 aliphatic rings. The topological polar surface area (TPSA) is 59.1 Å². The maximum atomic E-state index is 13.7. The standard InChI is InChI=1S/C25H30N2O4/c1-17-10-11-20(19(3)16-17)22-23(26(12-14-30-4)13-15-31-5)25(29)27(24(22)28)21-9-7-6-8-18(21)2/h6-11,16H,12-15H2,1-5H3. The zero-order chi connectivity index (χ0) is 22.5. The molecule has 2 aromatic carbocycles. The first-order chi connectivity index (χ1) is 14.9. The number of amides is 2. The summed E-state index contributed by atoms with van der Waals surface area (Å²) in [6.07, 6.45) is 0. The minimum atomic E-state index is -0.318. The average molecular weight is 423 g/mol. The van der Waals surface area contributed by atoms with E-state index in [1.165, 1.54) is 4.90 Å². The summed E-state index contributed by atoms with van der Waals surface area (Å²) in [5, 5.41) is 0. The van der Waals surface area contributed by atoms with E-state index in [1.807, 2.05) is 68.1 Å². The Morgan fingerprint density at radius 3 is 2.06 bits per heavy atom. The van der Waals surface area contributed by atoms with Crippen molar-refractivity contribution >= 4 is 23.1 Å². The van der Waals surface area contributed by atoms with Gasteiger partial charge >= 0.3 is 0 Å². The number of carbonyl (C=O) groups excluding carboxylic acids is 2. The van der Waals surface area contributed by atoms with Gasteiger partial charge < -0.3 is 14.4 Å². The van der Waals surface area contributed by atoms with Crippen LogP contribution in [-0.2, 0) is 19.1 Å². The van der Waals surface area contributed by atoms with Crippen molar-refractivity contribution in [3.05, 3.63) is 70.4 Å². The third-order valence-corrected chi connectivity index (χ3v) is 5.51. The molecule has 0 saturated carbocycles. The highest BCUT2D eigenvalue weighted by molar-refractivity contribution is 6.45. The molecule has 0 aromatic heterocycles. The summed E-state index contributed by atoms with van der Waals surface area (Å²) < 4.78 is 10.5. The molecule has 1 heterocycles. The largest absolute Gasteiger partial charge is 0.383 e. The van der Waals surface area contributed by atoms with Crippen molar-refractivity contribution in [2.75, 3.05) is 45.4 Å². The van der Waals surface area contributed by atoms with E-state index in [2.05, 4.69) is 0 Å². The Balaban J connectivity index is 2.19. The summed E-state index contributed by atoms with van der Waals surface area (Å²) in [6.45, 7) is 7.69. The highest BCUT2D eigenvalue weighted by Crippen LogP contribution is 2.37. The van der Waals surface area contributed by atoms with Crippen molar-refractivity contribution in [1.29, 1.82) is 0 Å². The minimum Gasteiger partial charge on any atom is -0.383 e. The van der Waals surface area contributed by atoms with E-state index in [-0.39, 0.29) is 11.8 Å². The molecule has 0 radical (unpaired) electrons. The number of hydrogen-bond donors (Lipinski definition) is 0. The smallest absolute Gasteiger partial charge is 0.282 e. The van der Waals surface area contributed by atoms with Crippen LogP contribution in [0.1, 0.15) is 22.3 Å². The molecule has 31 heavy (non-hydrogen) atoms. The molecule has 0 fully saturated rings. The van der Waals surface area contributed by atoms with Gasteiger partial charge in [0, 0.05) is 27.3 Å². The van der Waals surface area contributed by atoms with Crippen molar-refractivity contribution in [3.63, 3.8) is 0 Å². The zero-order valence-electron chi connectivity index (χ0n) is 18.9. The van der Waals surface area contributed by atoms with Crippen molar-refractivity contribution in [2.24, 2.45) is 0 Å². The molecule has 0 unspecified atom stereocenters. The van der Waals surface area contributed by atoms with Crippen LogP contribution in [0.3, 0.4) is 0 Å². The summed E-state index contributed by atoms with van der Waals surface area (Å²) in [6, 6.07) is 13.4. The number of carbonyl (C=O) groups is 2. The van der Waals surface area contributed by atoms with Crippen LogP contribution < -0.4 is 4.90 Å². The van der Waals surface area contributed by atoms with Gasteiger partial charge in [-0.3, -0.25) is 9.59 Å². The van der Waals surface area contributed by atoms with Gasteiger partial charge in [0.05, 0.1) is 24.5 Å². The second-order valence-electron chi connectivity index (χ2n) is 7.75. The van der Waals surface area contributed by atoms with E-state index < -0.39 is 0 Å². The van der Waals surface area contributed by atoms with Crippen molar-refractivity contribution in [2.45, 2.75) is 20.8 Å². The number of aryl methyl sites for hydroxylation is 3. The van der Waals surface area contributed by atoms with E-state index in [0.717, 1.165) is 22.3 Å². The summed E-state index contributed by atoms with van der Waals surface area (Å²) in [7, 11) is 3.24. The minimum absolute atomic E-state index is 0.305. The van der Waals surface area contributed by atoms with E-state index in [0.29, 0.717) is 43.3 Å². The quantitative estimate of drug-likeness (QED) is 0.579. The van der Waals surface area contributed by atoms with Gasteiger partial charge in [-0.1, -0.05) is 42.0 Å². The maximum Gasteiger partial charge on any atom is 0.282 e. The number of imide groups is 1. The third kappa shape index (κ3) is 4.55. The van der Waals surface area contributed by atoms with E-state index in [9.17, 15) is 9.59 Å².